The van der Waals surface area contributed by atoms with Crippen LogP contribution in [0.4, 0.5) is 5.82 Å². The third-order valence-corrected chi connectivity index (χ3v) is 6.35. The van der Waals surface area contributed by atoms with Crippen LogP contribution in [0.15, 0.2) is 73.4 Å². The zero-order chi connectivity index (χ0) is 24.0. The van der Waals surface area contributed by atoms with Crippen molar-refractivity contribution in [2.24, 2.45) is 5.41 Å². The molecule has 172 valence electrons. The number of hydrogen-bond acceptors (Lipinski definition) is 3. The van der Waals surface area contributed by atoms with Crippen LogP contribution in [0.2, 0.25) is 0 Å². The maximum absolute atomic E-state index is 11.9. The average molecular weight is 441 g/mol. The van der Waals surface area contributed by atoms with Crippen molar-refractivity contribution in [3.8, 4) is 0 Å². The van der Waals surface area contributed by atoms with Crippen molar-refractivity contribution >= 4 is 17.2 Å². The minimum atomic E-state index is -0.325. The van der Waals surface area contributed by atoms with E-state index in [9.17, 15) is 4.79 Å². The Labute approximate surface area is 199 Å². The zero-order valence-electron chi connectivity index (χ0n) is 20.7. The number of benzene rings is 2. The lowest BCUT2D eigenvalue weighted by molar-refractivity contribution is -0.124. The average Bonchev–Trinajstić information content (AvgIpc) is 2.78. The van der Waals surface area contributed by atoms with E-state index in [1.54, 1.807) is 6.92 Å². The van der Waals surface area contributed by atoms with Crippen molar-refractivity contribution < 1.29 is 4.79 Å². The van der Waals surface area contributed by atoms with Crippen molar-refractivity contribution in [3.63, 3.8) is 0 Å². The molecule has 33 heavy (non-hydrogen) atoms. The SMILES string of the molecule is C=C(C)c1ccc(N(CCc2ccc(CC(C)(C)C(C)=O)cc2)Cc2ccc(C)cc2)nc1. The highest BCUT2D eigenvalue weighted by Crippen LogP contribution is 2.24. The largest absolute Gasteiger partial charge is 0.352 e. The molecular weight excluding hydrogens is 404 g/mol. The van der Waals surface area contributed by atoms with Crippen LogP contribution in [0.25, 0.3) is 5.57 Å². The molecule has 3 heteroatoms. The second kappa shape index (κ2) is 10.6. The summed E-state index contributed by atoms with van der Waals surface area (Å²) in [4.78, 5) is 18.9. The number of allylic oxidation sites excluding steroid dienone is 1. The monoisotopic (exact) mass is 440 g/mol. The number of aryl methyl sites for hydroxylation is 1. The third-order valence-electron chi connectivity index (χ3n) is 6.35. The topological polar surface area (TPSA) is 33.2 Å². The van der Waals surface area contributed by atoms with Gasteiger partial charge in [0.15, 0.2) is 0 Å². The highest BCUT2D eigenvalue weighted by atomic mass is 16.1. The second-order valence-corrected chi connectivity index (χ2v) is 9.78. The first-order valence-electron chi connectivity index (χ1n) is 11.7. The molecule has 0 aliphatic rings. The maximum atomic E-state index is 11.9. The number of nitrogens with zero attached hydrogens (tertiary/aromatic N) is 2. The van der Waals surface area contributed by atoms with Gasteiger partial charge in [-0.2, -0.15) is 0 Å². The quantitative estimate of drug-likeness (QED) is 0.346. The molecule has 3 aromatic rings. The Morgan fingerprint density at radius 1 is 0.909 bits per heavy atom. The molecule has 3 rings (SSSR count). The highest BCUT2D eigenvalue weighted by molar-refractivity contribution is 5.81. The van der Waals surface area contributed by atoms with E-state index in [4.69, 9.17) is 4.98 Å². The van der Waals surface area contributed by atoms with Gasteiger partial charge >= 0.3 is 0 Å². The molecule has 0 unspecified atom stereocenters. The molecule has 0 radical (unpaired) electrons. The zero-order valence-corrected chi connectivity index (χ0v) is 20.7. The van der Waals surface area contributed by atoms with Crippen molar-refractivity contribution in [2.45, 2.75) is 54.0 Å². The lowest BCUT2D eigenvalue weighted by atomic mass is 9.82. The van der Waals surface area contributed by atoms with Gasteiger partial charge in [0.05, 0.1) is 0 Å². The number of carbonyl (C=O) groups excluding carboxylic acids is 1. The van der Waals surface area contributed by atoms with Gasteiger partial charge in [-0.05, 0) is 73.6 Å². The van der Waals surface area contributed by atoms with Gasteiger partial charge in [0, 0.05) is 24.7 Å². The van der Waals surface area contributed by atoms with Gasteiger partial charge in [0.1, 0.15) is 11.6 Å². The lowest BCUT2D eigenvalue weighted by Gasteiger charge is -2.25. The molecule has 1 heterocycles. The van der Waals surface area contributed by atoms with Crippen molar-refractivity contribution in [3.05, 3.63) is 101 Å². The molecule has 0 fully saturated rings. The second-order valence-electron chi connectivity index (χ2n) is 9.78. The summed E-state index contributed by atoms with van der Waals surface area (Å²) in [7, 11) is 0. The minimum Gasteiger partial charge on any atom is -0.352 e. The normalized spacial score (nSPS) is 11.3. The summed E-state index contributed by atoms with van der Waals surface area (Å²) in [6.07, 6.45) is 3.60. The predicted molar refractivity (Wildman–Crippen MR) is 139 cm³/mol. The molecule has 0 atom stereocenters. The summed E-state index contributed by atoms with van der Waals surface area (Å²) in [5.74, 6) is 1.20. The summed E-state index contributed by atoms with van der Waals surface area (Å²) in [5, 5.41) is 0. The van der Waals surface area contributed by atoms with Gasteiger partial charge in [0.25, 0.3) is 0 Å². The van der Waals surface area contributed by atoms with Gasteiger partial charge < -0.3 is 4.90 Å². The van der Waals surface area contributed by atoms with Gasteiger partial charge in [-0.15, -0.1) is 0 Å². The highest BCUT2D eigenvalue weighted by Gasteiger charge is 2.23. The van der Waals surface area contributed by atoms with E-state index < -0.39 is 0 Å². The Balaban J connectivity index is 1.73. The molecule has 0 saturated carbocycles. The number of pyridine rings is 1. The molecule has 1 aromatic heterocycles. The van der Waals surface area contributed by atoms with Gasteiger partial charge in [0.2, 0.25) is 0 Å². The predicted octanol–water partition coefficient (Wildman–Crippen LogP) is 6.83. The lowest BCUT2D eigenvalue weighted by Crippen LogP contribution is -2.26. The first-order valence-corrected chi connectivity index (χ1v) is 11.7. The summed E-state index contributed by atoms with van der Waals surface area (Å²) < 4.78 is 0. The molecule has 0 aliphatic carbocycles. The summed E-state index contributed by atoms with van der Waals surface area (Å²) in [5.41, 5.74) is 6.79. The van der Waals surface area contributed by atoms with Crippen LogP contribution in [0.3, 0.4) is 0 Å². The Morgan fingerprint density at radius 3 is 2.06 bits per heavy atom. The number of rotatable bonds is 10. The van der Waals surface area contributed by atoms with E-state index in [0.29, 0.717) is 0 Å². The standard InChI is InChI=1S/C30H36N2O/c1-22(2)28-15-16-29(31-20-28)32(21-27-9-7-23(3)8-10-27)18-17-25-11-13-26(14-12-25)19-30(5,6)24(4)33/h7-16,20H,1,17-19,21H2,2-6H3. The number of Topliss-reactive ketones (excluding diaryl/α,β-unsaturated/α-hetero) is 1. The van der Waals surface area contributed by atoms with Crippen molar-refractivity contribution in [1.82, 2.24) is 4.98 Å². The summed E-state index contributed by atoms with van der Waals surface area (Å²) >= 11 is 0. The molecular formula is C30H36N2O. The number of hydrogen-bond donors (Lipinski definition) is 0. The first-order chi connectivity index (χ1) is 15.6. The molecule has 0 bridgehead atoms. The number of carbonyl (C=O) groups is 1. The van der Waals surface area contributed by atoms with Crippen molar-refractivity contribution in [2.75, 3.05) is 11.4 Å². The van der Waals surface area contributed by atoms with E-state index in [2.05, 4.69) is 79.1 Å². The van der Waals surface area contributed by atoms with E-state index in [1.807, 2.05) is 27.0 Å². The fourth-order valence-corrected chi connectivity index (χ4v) is 3.74. The number of ketones is 1. The van der Waals surface area contributed by atoms with Gasteiger partial charge in [-0.25, -0.2) is 4.98 Å². The van der Waals surface area contributed by atoms with Crippen LogP contribution in [-0.4, -0.2) is 17.3 Å². The van der Waals surface area contributed by atoms with Crippen LogP contribution in [0, 0.1) is 12.3 Å². The van der Waals surface area contributed by atoms with Gasteiger partial charge in [-0.3, -0.25) is 4.79 Å². The van der Waals surface area contributed by atoms with Crippen LogP contribution in [0.5, 0.6) is 0 Å². The fraction of sp³-hybridized carbons (Fsp3) is 0.333. The number of aromatic nitrogens is 1. The third kappa shape index (κ3) is 6.89. The fourth-order valence-electron chi connectivity index (χ4n) is 3.74. The summed E-state index contributed by atoms with van der Waals surface area (Å²) in [6.45, 7) is 15.5. The Hall–Kier alpha value is -3.20. The van der Waals surface area contributed by atoms with E-state index in [0.717, 1.165) is 42.9 Å². The molecule has 0 saturated heterocycles. The van der Waals surface area contributed by atoms with Crippen LogP contribution < -0.4 is 4.90 Å². The first kappa shape index (κ1) is 24.4. The van der Waals surface area contributed by atoms with E-state index >= 15 is 0 Å². The van der Waals surface area contributed by atoms with Crippen LogP contribution in [0.1, 0.15) is 55.5 Å². The maximum Gasteiger partial charge on any atom is 0.135 e. The van der Waals surface area contributed by atoms with Crippen LogP contribution in [-0.2, 0) is 24.2 Å². The minimum absolute atomic E-state index is 0.225. The van der Waals surface area contributed by atoms with Gasteiger partial charge in [-0.1, -0.05) is 74.5 Å². The smallest absolute Gasteiger partial charge is 0.135 e. The Bertz CT molecular complexity index is 1080. The van der Waals surface area contributed by atoms with Crippen molar-refractivity contribution in [1.29, 1.82) is 0 Å². The molecule has 3 nitrogen and oxygen atoms in total. The van der Waals surface area contributed by atoms with E-state index in [-0.39, 0.29) is 11.2 Å². The Morgan fingerprint density at radius 2 is 1.52 bits per heavy atom. The molecule has 0 aliphatic heterocycles. The Kier molecular flexibility index (Phi) is 7.86. The molecule has 0 amide bonds. The van der Waals surface area contributed by atoms with Crippen LogP contribution >= 0.6 is 0 Å². The van der Waals surface area contributed by atoms with E-state index in [1.165, 1.54) is 22.3 Å². The summed E-state index contributed by atoms with van der Waals surface area (Å²) in [6, 6.07) is 21.6. The molecule has 2 aromatic carbocycles. The number of anilines is 1. The molecule has 0 N–H and O–H groups in total. The molecule has 0 spiro atoms.